The molecule has 0 fully saturated rings. The second-order valence-corrected chi connectivity index (χ2v) is 3.20. The Hall–Kier alpha value is -2.30. The molecular weight excluding hydrogens is 206 g/mol. The number of para-hydroxylation sites is 1. The van der Waals surface area contributed by atoms with Crippen LogP contribution in [0, 0.1) is 6.92 Å². The molecule has 0 unspecified atom stereocenters. The fourth-order valence-electron chi connectivity index (χ4n) is 1.23. The molecule has 5 heteroatoms. The third-order valence-electron chi connectivity index (χ3n) is 2.05. The van der Waals surface area contributed by atoms with Gasteiger partial charge in [-0.15, -0.1) is 0 Å². The maximum Gasteiger partial charge on any atom is 0.291 e. The number of hydrogen-bond donors (Lipinski definition) is 2. The van der Waals surface area contributed by atoms with Crippen LogP contribution in [0.1, 0.15) is 16.2 Å². The van der Waals surface area contributed by atoms with Gasteiger partial charge in [0.05, 0.1) is 5.69 Å². The minimum absolute atomic E-state index is 0.281. The maximum atomic E-state index is 11.6. The SMILES string of the molecule is Cc1ocnc1C(=O)NNc1ccccc1. The summed E-state index contributed by atoms with van der Waals surface area (Å²) in [5, 5.41) is 0. The largest absolute Gasteiger partial charge is 0.448 e. The van der Waals surface area contributed by atoms with Crippen LogP contribution in [0.3, 0.4) is 0 Å². The number of carbonyl (C=O) groups excluding carboxylic acids is 1. The smallest absolute Gasteiger partial charge is 0.291 e. The van der Waals surface area contributed by atoms with Crippen LogP contribution in [0.25, 0.3) is 0 Å². The summed E-state index contributed by atoms with van der Waals surface area (Å²) in [5.41, 5.74) is 6.39. The quantitative estimate of drug-likeness (QED) is 0.768. The Labute approximate surface area is 92.5 Å². The van der Waals surface area contributed by atoms with Crippen LogP contribution in [-0.4, -0.2) is 10.9 Å². The lowest BCUT2D eigenvalue weighted by molar-refractivity contribution is 0.0957. The van der Waals surface area contributed by atoms with E-state index in [1.54, 1.807) is 6.92 Å². The van der Waals surface area contributed by atoms with Crippen molar-refractivity contribution in [1.82, 2.24) is 10.4 Å². The van der Waals surface area contributed by atoms with Gasteiger partial charge in [0.25, 0.3) is 5.91 Å². The van der Waals surface area contributed by atoms with Crippen molar-refractivity contribution in [3.63, 3.8) is 0 Å². The lowest BCUT2D eigenvalue weighted by atomic mass is 10.3. The summed E-state index contributed by atoms with van der Waals surface area (Å²) in [6.45, 7) is 1.68. The number of anilines is 1. The zero-order valence-electron chi connectivity index (χ0n) is 8.73. The third kappa shape index (κ3) is 2.20. The summed E-state index contributed by atoms with van der Waals surface area (Å²) in [6.07, 6.45) is 1.24. The van der Waals surface area contributed by atoms with Gasteiger partial charge >= 0.3 is 0 Å². The number of rotatable bonds is 3. The highest BCUT2D eigenvalue weighted by Gasteiger charge is 2.12. The molecule has 1 heterocycles. The standard InChI is InChI=1S/C11H11N3O2/c1-8-10(12-7-16-8)11(15)14-13-9-5-3-2-4-6-9/h2-7,13H,1H3,(H,14,15). The Kier molecular flexibility index (Phi) is 2.86. The van der Waals surface area contributed by atoms with Crippen molar-refractivity contribution in [3.05, 3.63) is 48.2 Å². The molecule has 2 aromatic rings. The number of carbonyl (C=O) groups is 1. The minimum atomic E-state index is -0.324. The van der Waals surface area contributed by atoms with Gasteiger partial charge in [-0.25, -0.2) is 4.98 Å². The van der Waals surface area contributed by atoms with Crippen LogP contribution in [0.2, 0.25) is 0 Å². The maximum absolute atomic E-state index is 11.6. The highest BCUT2D eigenvalue weighted by atomic mass is 16.3. The fraction of sp³-hybridized carbons (Fsp3) is 0.0909. The van der Waals surface area contributed by atoms with Gasteiger partial charge in [0.2, 0.25) is 0 Å². The van der Waals surface area contributed by atoms with Gasteiger partial charge < -0.3 is 4.42 Å². The number of nitrogens with one attached hydrogen (secondary N) is 2. The molecule has 0 bridgehead atoms. The Balaban J connectivity index is 1.97. The van der Waals surface area contributed by atoms with Crippen molar-refractivity contribution >= 4 is 11.6 Å². The molecule has 1 aromatic heterocycles. The highest BCUT2D eigenvalue weighted by Crippen LogP contribution is 2.05. The second-order valence-electron chi connectivity index (χ2n) is 3.20. The van der Waals surface area contributed by atoms with Crippen molar-refractivity contribution in [3.8, 4) is 0 Å². The second kappa shape index (κ2) is 4.48. The zero-order valence-corrected chi connectivity index (χ0v) is 8.73. The molecular formula is C11H11N3O2. The Morgan fingerprint density at radius 3 is 2.69 bits per heavy atom. The summed E-state index contributed by atoms with van der Waals surface area (Å²) in [5.74, 6) is 0.169. The van der Waals surface area contributed by atoms with Crippen molar-refractivity contribution in [1.29, 1.82) is 0 Å². The first-order valence-corrected chi connectivity index (χ1v) is 4.79. The van der Waals surface area contributed by atoms with Gasteiger partial charge in [0.1, 0.15) is 5.76 Å². The third-order valence-corrected chi connectivity index (χ3v) is 2.05. The number of oxazole rings is 1. The first kappa shape index (κ1) is 10.2. The first-order valence-electron chi connectivity index (χ1n) is 4.79. The molecule has 1 amide bonds. The predicted octanol–water partition coefficient (Wildman–Crippen LogP) is 1.74. The van der Waals surface area contributed by atoms with Gasteiger partial charge in [0.15, 0.2) is 12.1 Å². The van der Waals surface area contributed by atoms with E-state index in [9.17, 15) is 4.79 Å². The van der Waals surface area contributed by atoms with Crippen molar-refractivity contribution in [2.75, 3.05) is 5.43 Å². The number of aromatic nitrogens is 1. The van der Waals surface area contributed by atoms with E-state index in [2.05, 4.69) is 15.8 Å². The first-order chi connectivity index (χ1) is 7.77. The van der Waals surface area contributed by atoms with E-state index in [0.29, 0.717) is 5.76 Å². The summed E-state index contributed by atoms with van der Waals surface area (Å²) < 4.78 is 4.94. The predicted molar refractivity (Wildman–Crippen MR) is 58.8 cm³/mol. The van der Waals surface area contributed by atoms with Crippen LogP contribution >= 0.6 is 0 Å². The number of hydrazine groups is 1. The molecule has 82 valence electrons. The lowest BCUT2D eigenvalue weighted by Crippen LogP contribution is -2.30. The van der Waals surface area contributed by atoms with Gasteiger partial charge in [-0.1, -0.05) is 18.2 Å². The van der Waals surface area contributed by atoms with E-state index in [1.807, 2.05) is 30.3 Å². The molecule has 0 spiro atoms. The van der Waals surface area contributed by atoms with Gasteiger partial charge in [-0.2, -0.15) is 0 Å². The van der Waals surface area contributed by atoms with E-state index < -0.39 is 0 Å². The van der Waals surface area contributed by atoms with Crippen LogP contribution in [0.5, 0.6) is 0 Å². The average Bonchev–Trinajstić information content (AvgIpc) is 2.74. The topological polar surface area (TPSA) is 67.2 Å². The summed E-state index contributed by atoms with van der Waals surface area (Å²) in [4.78, 5) is 15.4. The molecule has 0 aliphatic carbocycles. The molecule has 2 rings (SSSR count). The highest BCUT2D eigenvalue weighted by molar-refractivity contribution is 5.93. The number of amides is 1. The normalized spacial score (nSPS) is 9.81. The van der Waals surface area contributed by atoms with Crippen LogP contribution < -0.4 is 10.9 Å². The molecule has 0 atom stereocenters. The fourth-order valence-corrected chi connectivity index (χ4v) is 1.23. The van der Waals surface area contributed by atoms with E-state index in [0.717, 1.165) is 5.69 Å². The van der Waals surface area contributed by atoms with Crippen LogP contribution in [0.4, 0.5) is 5.69 Å². The number of hydrogen-bond acceptors (Lipinski definition) is 4. The molecule has 2 N–H and O–H groups in total. The van der Waals surface area contributed by atoms with E-state index in [1.165, 1.54) is 6.39 Å². The number of nitrogens with zero attached hydrogens (tertiary/aromatic N) is 1. The van der Waals surface area contributed by atoms with Crippen molar-refractivity contribution in [2.24, 2.45) is 0 Å². The molecule has 0 aliphatic heterocycles. The monoisotopic (exact) mass is 217 g/mol. The zero-order chi connectivity index (χ0) is 11.4. The van der Waals surface area contributed by atoms with Crippen molar-refractivity contribution in [2.45, 2.75) is 6.92 Å². The van der Waals surface area contributed by atoms with Crippen LogP contribution in [-0.2, 0) is 0 Å². The van der Waals surface area contributed by atoms with Crippen LogP contribution in [0.15, 0.2) is 41.1 Å². The Morgan fingerprint density at radius 1 is 1.31 bits per heavy atom. The van der Waals surface area contributed by atoms with Gasteiger partial charge in [0, 0.05) is 0 Å². The summed E-state index contributed by atoms with van der Waals surface area (Å²) >= 11 is 0. The van der Waals surface area contributed by atoms with Gasteiger partial charge in [-0.3, -0.25) is 15.6 Å². The summed E-state index contributed by atoms with van der Waals surface area (Å²) in [6, 6.07) is 9.33. The number of benzene rings is 1. The molecule has 5 nitrogen and oxygen atoms in total. The lowest BCUT2D eigenvalue weighted by Gasteiger charge is -2.06. The van der Waals surface area contributed by atoms with Crippen molar-refractivity contribution < 1.29 is 9.21 Å². The molecule has 16 heavy (non-hydrogen) atoms. The molecule has 0 radical (unpaired) electrons. The molecule has 0 saturated heterocycles. The molecule has 0 saturated carbocycles. The summed E-state index contributed by atoms with van der Waals surface area (Å²) in [7, 11) is 0. The van der Waals surface area contributed by atoms with E-state index in [4.69, 9.17) is 4.42 Å². The van der Waals surface area contributed by atoms with Gasteiger partial charge in [-0.05, 0) is 19.1 Å². The Bertz CT molecular complexity index is 479. The number of aryl methyl sites for hydroxylation is 1. The molecule has 1 aromatic carbocycles. The average molecular weight is 217 g/mol. The Morgan fingerprint density at radius 2 is 2.06 bits per heavy atom. The minimum Gasteiger partial charge on any atom is -0.448 e. The van der Waals surface area contributed by atoms with E-state index in [-0.39, 0.29) is 11.6 Å². The molecule has 0 aliphatic rings. The van der Waals surface area contributed by atoms with E-state index >= 15 is 0 Å².